The summed E-state index contributed by atoms with van der Waals surface area (Å²) in [6.45, 7) is 3.75. The molecular weight excluding hydrogens is 272 g/mol. The molecule has 0 saturated carbocycles. The fraction of sp³-hybridized carbons (Fsp3) is 0.643. The standard InChI is InChI=1S/C14H20N4O3/c1-10-3-5-18(15-10)6-4-13(19)17-7-11-12(8-17)21-9-14(20)16(11)2/h3,5,11-12H,4,6-9H2,1-2H3/t11-,12-/m0/s1. The number of hydrogen-bond donors (Lipinski definition) is 0. The van der Waals surface area contributed by atoms with E-state index in [-0.39, 0.29) is 30.6 Å². The number of likely N-dealkylation sites (N-methyl/N-ethyl adjacent to an activating group) is 1. The molecule has 0 N–H and O–H groups in total. The molecular formula is C14H20N4O3. The van der Waals surface area contributed by atoms with Crippen LogP contribution in [-0.2, 0) is 20.9 Å². The molecule has 1 aromatic heterocycles. The lowest BCUT2D eigenvalue weighted by Crippen LogP contribution is -2.51. The van der Waals surface area contributed by atoms with E-state index in [4.69, 9.17) is 4.74 Å². The predicted octanol–water partition coefficient (Wildman–Crippen LogP) is -0.350. The van der Waals surface area contributed by atoms with Crippen molar-refractivity contribution < 1.29 is 14.3 Å². The van der Waals surface area contributed by atoms with Crippen molar-refractivity contribution in [3.63, 3.8) is 0 Å². The van der Waals surface area contributed by atoms with Gasteiger partial charge in [0, 0.05) is 39.3 Å². The molecule has 7 heteroatoms. The molecule has 0 radical (unpaired) electrons. The molecule has 3 rings (SSSR count). The molecule has 3 heterocycles. The van der Waals surface area contributed by atoms with Crippen molar-refractivity contribution in [2.75, 3.05) is 26.7 Å². The summed E-state index contributed by atoms with van der Waals surface area (Å²) in [4.78, 5) is 27.4. The van der Waals surface area contributed by atoms with E-state index in [0.29, 0.717) is 26.1 Å². The van der Waals surface area contributed by atoms with Crippen LogP contribution in [0.25, 0.3) is 0 Å². The monoisotopic (exact) mass is 292 g/mol. The average Bonchev–Trinajstić information content (AvgIpc) is 3.07. The topological polar surface area (TPSA) is 67.7 Å². The SMILES string of the molecule is Cc1ccn(CCC(=O)N2C[C@@H]3OCC(=O)N(C)[C@H]3C2)n1. The van der Waals surface area contributed by atoms with Gasteiger partial charge >= 0.3 is 0 Å². The van der Waals surface area contributed by atoms with Crippen LogP contribution in [0.5, 0.6) is 0 Å². The van der Waals surface area contributed by atoms with Crippen LogP contribution >= 0.6 is 0 Å². The van der Waals surface area contributed by atoms with Crippen LogP contribution in [0, 0.1) is 6.92 Å². The van der Waals surface area contributed by atoms with Gasteiger partial charge < -0.3 is 14.5 Å². The minimum absolute atomic E-state index is 0.0119. The van der Waals surface area contributed by atoms with Crippen molar-refractivity contribution in [3.8, 4) is 0 Å². The minimum Gasteiger partial charge on any atom is -0.364 e. The third kappa shape index (κ3) is 2.78. The highest BCUT2D eigenvalue weighted by Gasteiger charge is 2.42. The number of nitrogens with zero attached hydrogens (tertiary/aromatic N) is 4. The largest absolute Gasteiger partial charge is 0.364 e. The number of fused-ring (bicyclic) bond motifs is 1. The number of amides is 2. The van der Waals surface area contributed by atoms with Gasteiger partial charge in [-0.15, -0.1) is 0 Å². The summed E-state index contributed by atoms with van der Waals surface area (Å²) >= 11 is 0. The molecule has 0 unspecified atom stereocenters. The molecule has 2 amide bonds. The maximum absolute atomic E-state index is 12.3. The number of ether oxygens (including phenoxy) is 1. The van der Waals surface area contributed by atoms with Crippen LogP contribution < -0.4 is 0 Å². The van der Waals surface area contributed by atoms with Crippen molar-refractivity contribution in [3.05, 3.63) is 18.0 Å². The molecule has 21 heavy (non-hydrogen) atoms. The highest BCUT2D eigenvalue weighted by Crippen LogP contribution is 2.22. The van der Waals surface area contributed by atoms with E-state index in [1.165, 1.54) is 0 Å². The van der Waals surface area contributed by atoms with E-state index in [2.05, 4.69) is 5.10 Å². The number of rotatable bonds is 3. The molecule has 7 nitrogen and oxygen atoms in total. The van der Waals surface area contributed by atoms with Gasteiger partial charge in [-0.1, -0.05) is 0 Å². The zero-order chi connectivity index (χ0) is 15.0. The first-order valence-electron chi connectivity index (χ1n) is 7.19. The first kappa shape index (κ1) is 14.1. The average molecular weight is 292 g/mol. The van der Waals surface area contributed by atoms with Crippen molar-refractivity contribution in [2.45, 2.75) is 32.0 Å². The first-order chi connectivity index (χ1) is 10.0. The fourth-order valence-electron chi connectivity index (χ4n) is 2.92. The summed E-state index contributed by atoms with van der Waals surface area (Å²) in [5.74, 6) is 0.0690. The minimum atomic E-state index is -0.0522. The van der Waals surface area contributed by atoms with Crippen LogP contribution in [0.3, 0.4) is 0 Å². The molecule has 1 aromatic rings. The van der Waals surface area contributed by atoms with E-state index in [0.717, 1.165) is 5.69 Å². The molecule has 2 fully saturated rings. The third-order valence-corrected chi connectivity index (χ3v) is 4.23. The predicted molar refractivity (Wildman–Crippen MR) is 74.5 cm³/mol. The molecule has 0 bridgehead atoms. The van der Waals surface area contributed by atoms with E-state index in [1.807, 2.05) is 19.2 Å². The molecule has 2 atom stereocenters. The lowest BCUT2D eigenvalue weighted by Gasteiger charge is -2.33. The Bertz CT molecular complexity index is 556. The lowest BCUT2D eigenvalue weighted by atomic mass is 10.1. The molecule has 0 spiro atoms. The van der Waals surface area contributed by atoms with Crippen LogP contribution in [0.1, 0.15) is 12.1 Å². The second kappa shape index (κ2) is 5.48. The summed E-state index contributed by atoms with van der Waals surface area (Å²) < 4.78 is 7.31. The van der Waals surface area contributed by atoms with Gasteiger partial charge in [-0.3, -0.25) is 14.3 Å². The maximum Gasteiger partial charge on any atom is 0.248 e. The van der Waals surface area contributed by atoms with Gasteiger partial charge in [0.2, 0.25) is 11.8 Å². The number of aromatic nitrogens is 2. The summed E-state index contributed by atoms with van der Waals surface area (Å²) in [6.07, 6.45) is 2.24. The number of likely N-dealkylation sites (tertiary alicyclic amines) is 1. The van der Waals surface area contributed by atoms with Gasteiger partial charge in [0.15, 0.2) is 0 Å². The maximum atomic E-state index is 12.3. The van der Waals surface area contributed by atoms with Gasteiger partial charge in [-0.2, -0.15) is 5.10 Å². The van der Waals surface area contributed by atoms with E-state index >= 15 is 0 Å². The Hall–Kier alpha value is -1.89. The highest BCUT2D eigenvalue weighted by molar-refractivity contribution is 5.80. The van der Waals surface area contributed by atoms with Crippen molar-refractivity contribution in [1.82, 2.24) is 19.6 Å². The molecule has 2 saturated heterocycles. The van der Waals surface area contributed by atoms with Gasteiger partial charge in [0.05, 0.1) is 17.8 Å². The van der Waals surface area contributed by atoms with Crippen LogP contribution in [0.4, 0.5) is 0 Å². The second-order valence-corrected chi connectivity index (χ2v) is 5.69. The van der Waals surface area contributed by atoms with Gasteiger partial charge in [-0.25, -0.2) is 0 Å². The lowest BCUT2D eigenvalue weighted by molar-refractivity contribution is -0.150. The van der Waals surface area contributed by atoms with E-state index in [1.54, 1.807) is 21.5 Å². The molecule has 2 aliphatic rings. The van der Waals surface area contributed by atoms with Gasteiger partial charge in [-0.05, 0) is 13.0 Å². The second-order valence-electron chi connectivity index (χ2n) is 5.69. The zero-order valence-corrected chi connectivity index (χ0v) is 12.4. The smallest absolute Gasteiger partial charge is 0.248 e. The van der Waals surface area contributed by atoms with Crippen LogP contribution in [-0.4, -0.2) is 70.3 Å². The Morgan fingerprint density at radius 3 is 3.00 bits per heavy atom. The molecule has 114 valence electrons. The number of morpholine rings is 1. The van der Waals surface area contributed by atoms with Crippen LogP contribution in [0.2, 0.25) is 0 Å². The number of carbonyl (C=O) groups excluding carboxylic acids is 2. The summed E-state index contributed by atoms with van der Waals surface area (Å²) in [7, 11) is 1.78. The number of hydrogen-bond acceptors (Lipinski definition) is 4. The summed E-state index contributed by atoms with van der Waals surface area (Å²) in [5.41, 5.74) is 0.947. The molecule has 0 aliphatic carbocycles. The fourth-order valence-corrected chi connectivity index (χ4v) is 2.92. The third-order valence-electron chi connectivity index (χ3n) is 4.23. The Morgan fingerprint density at radius 1 is 1.48 bits per heavy atom. The van der Waals surface area contributed by atoms with Crippen molar-refractivity contribution >= 4 is 11.8 Å². The molecule has 2 aliphatic heterocycles. The first-order valence-corrected chi connectivity index (χ1v) is 7.19. The Morgan fingerprint density at radius 2 is 2.29 bits per heavy atom. The number of aryl methyl sites for hydroxylation is 2. The zero-order valence-electron chi connectivity index (χ0n) is 12.4. The highest BCUT2D eigenvalue weighted by atomic mass is 16.5. The van der Waals surface area contributed by atoms with E-state index < -0.39 is 0 Å². The molecule has 0 aromatic carbocycles. The Balaban J connectivity index is 1.55. The van der Waals surface area contributed by atoms with E-state index in [9.17, 15) is 9.59 Å². The van der Waals surface area contributed by atoms with Crippen LogP contribution in [0.15, 0.2) is 12.3 Å². The quantitative estimate of drug-likeness (QED) is 0.764. The summed E-state index contributed by atoms with van der Waals surface area (Å²) in [5, 5.41) is 4.27. The number of carbonyl (C=O) groups is 2. The normalized spacial score (nSPS) is 25.3. The summed E-state index contributed by atoms with van der Waals surface area (Å²) in [6, 6.07) is 1.91. The van der Waals surface area contributed by atoms with Crippen molar-refractivity contribution in [1.29, 1.82) is 0 Å². The van der Waals surface area contributed by atoms with Crippen molar-refractivity contribution in [2.24, 2.45) is 0 Å². The Labute approximate surface area is 123 Å². The van der Waals surface area contributed by atoms with Gasteiger partial charge in [0.25, 0.3) is 0 Å². The Kier molecular flexibility index (Phi) is 3.67. The van der Waals surface area contributed by atoms with Gasteiger partial charge in [0.1, 0.15) is 6.61 Å².